The number of carbonyl (C=O) groups excluding carboxylic acids is 1. The minimum atomic E-state index is 0. The van der Waals surface area contributed by atoms with Crippen molar-refractivity contribution >= 4 is 24.0 Å². The fraction of sp³-hybridized carbons (Fsp3) is 0.381. The number of nitrogens with two attached hydrogens (primary N) is 1. The van der Waals surface area contributed by atoms with E-state index in [1.807, 2.05) is 12.1 Å². The van der Waals surface area contributed by atoms with E-state index in [0.717, 1.165) is 37.8 Å². The summed E-state index contributed by atoms with van der Waals surface area (Å²) in [6.07, 6.45) is 5.59. The minimum Gasteiger partial charge on any atom is -0.399 e. The highest BCUT2D eigenvalue weighted by Crippen LogP contribution is 2.31. The van der Waals surface area contributed by atoms with Gasteiger partial charge in [-0.05, 0) is 67.9 Å². The van der Waals surface area contributed by atoms with Gasteiger partial charge < -0.3 is 11.1 Å². The van der Waals surface area contributed by atoms with Crippen LogP contribution in [0.1, 0.15) is 54.0 Å². The van der Waals surface area contributed by atoms with Crippen LogP contribution < -0.4 is 11.1 Å². The third-order valence-corrected chi connectivity index (χ3v) is 4.81. The summed E-state index contributed by atoms with van der Waals surface area (Å²) in [4.78, 5) is 12.3. The van der Waals surface area contributed by atoms with Crippen LogP contribution in [0, 0.1) is 6.92 Å². The molecule has 1 aliphatic carbocycles. The Morgan fingerprint density at radius 1 is 1.20 bits per heavy atom. The number of nitrogens with one attached hydrogen (secondary N) is 1. The Morgan fingerprint density at radius 3 is 2.72 bits per heavy atom. The first-order valence-corrected chi connectivity index (χ1v) is 8.85. The Kier molecular flexibility index (Phi) is 6.89. The Labute approximate surface area is 156 Å². The van der Waals surface area contributed by atoms with Gasteiger partial charge in [-0.3, -0.25) is 4.79 Å². The molecule has 0 aliphatic heterocycles. The molecule has 134 valence electrons. The van der Waals surface area contributed by atoms with Crippen LogP contribution in [-0.2, 0) is 17.6 Å². The number of fused-ring (bicyclic) bond motifs is 1. The molecule has 0 heterocycles. The van der Waals surface area contributed by atoms with E-state index in [1.165, 1.54) is 22.3 Å². The summed E-state index contributed by atoms with van der Waals surface area (Å²) < 4.78 is 0. The average Bonchev–Trinajstić information content (AvgIpc) is 2.56. The van der Waals surface area contributed by atoms with E-state index in [0.29, 0.717) is 6.42 Å². The van der Waals surface area contributed by atoms with Gasteiger partial charge >= 0.3 is 0 Å². The first-order valence-electron chi connectivity index (χ1n) is 8.85. The molecule has 0 aromatic heterocycles. The van der Waals surface area contributed by atoms with Crippen molar-refractivity contribution in [3.8, 4) is 0 Å². The van der Waals surface area contributed by atoms with Gasteiger partial charge in [-0.15, -0.1) is 12.4 Å². The molecule has 0 saturated carbocycles. The highest BCUT2D eigenvalue weighted by molar-refractivity contribution is 5.85. The molecule has 0 fully saturated rings. The number of anilines is 1. The second-order valence-corrected chi connectivity index (χ2v) is 6.81. The molecule has 1 amide bonds. The van der Waals surface area contributed by atoms with Gasteiger partial charge in [0.25, 0.3) is 0 Å². The Bertz CT molecular complexity index is 712. The number of nitrogen functional groups attached to an aromatic ring is 1. The SMILES string of the molecule is Cc1ccc(CCCC(=O)NC2CCCc3cc(N)ccc32)cc1.Cl. The van der Waals surface area contributed by atoms with Crippen LogP contribution in [0.5, 0.6) is 0 Å². The van der Waals surface area contributed by atoms with E-state index < -0.39 is 0 Å². The van der Waals surface area contributed by atoms with Crippen LogP contribution in [0.15, 0.2) is 42.5 Å². The van der Waals surface area contributed by atoms with E-state index in [-0.39, 0.29) is 24.4 Å². The summed E-state index contributed by atoms with van der Waals surface area (Å²) in [5.41, 5.74) is 11.8. The molecule has 1 atom stereocenters. The second kappa shape index (κ2) is 8.91. The number of hydrogen-bond donors (Lipinski definition) is 2. The Morgan fingerprint density at radius 2 is 1.96 bits per heavy atom. The van der Waals surface area contributed by atoms with E-state index in [4.69, 9.17) is 5.73 Å². The molecular weight excluding hydrogens is 332 g/mol. The molecule has 1 aliphatic rings. The molecule has 2 aromatic carbocycles. The van der Waals surface area contributed by atoms with Gasteiger partial charge in [0.2, 0.25) is 5.91 Å². The normalized spacial score (nSPS) is 15.8. The lowest BCUT2D eigenvalue weighted by molar-refractivity contribution is -0.122. The standard InChI is InChI=1S/C21H26N2O.ClH/c1-15-8-10-16(11-9-15)4-2-7-21(24)23-20-6-3-5-17-14-18(22)12-13-19(17)20;/h8-14,20H,2-7,22H2,1H3,(H,23,24);1H. The summed E-state index contributed by atoms with van der Waals surface area (Å²) >= 11 is 0. The number of hydrogen-bond acceptors (Lipinski definition) is 2. The van der Waals surface area contributed by atoms with E-state index in [9.17, 15) is 4.79 Å². The fourth-order valence-corrected chi connectivity index (χ4v) is 3.46. The fourth-order valence-electron chi connectivity index (χ4n) is 3.46. The number of aryl methyl sites for hydroxylation is 3. The van der Waals surface area contributed by atoms with Crippen LogP contribution in [0.25, 0.3) is 0 Å². The molecule has 0 saturated heterocycles. The molecule has 3 nitrogen and oxygen atoms in total. The molecule has 0 radical (unpaired) electrons. The predicted octanol–water partition coefficient (Wildman–Crippen LogP) is 4.52. The van der Waals surface area contributed by atoms with E-state index in [2.05, 4.69) is 42.6 Å². The van der Waals surface area contributed by atoms with Crippen molar-refractivity contribution in [2.75, 3.05) is 5.73 Å². The van der Waals surface area contributed by atoms with Gasteiger partial charge in [-0.1, -0.05) is 35.9 Å². The first-order chi connectivity index (χ1) is 11.6. The van der Waals surface area contributed by atoms with Crippen LogP contribution in [0.3, 0.4) is 0 Å². The number of rotatable bonds is 5. The van der Waals surface area contributed by atoms with Gasteiger partial charge in [0.1, 0.15) is 0 Å². The smallest absolute Gasteiger partial charge is 0.220 e. The lowest BCUT2D eigenvalue weighted by Crippen LogP contribution is -2.30. The van der Waals surface area contributed by atoms with Crippen molar-refractivity contribution in [3.05, 3.63) is 64.7 Å². The zero-order chi connectivity index (χ0) is 16.9. The maximum atomic E-state index is 12.3. The van der Waals surface area contributed by atoms with Gasteiger partial charge in [-0.25, -0.2) is 0 Å². The highest BCUT2D eigenvalue weighted by Gasteiger charge is 2.21. The van der Waals surface area contributed by atoms with Crippen LogP contribution in [0.2, 0.25) is 0 Å². The second-order valence-electron chi connectivity index (χ2n) is 6.81. The molecule has 2 aromatic rings. The number of benzene rings is 2. The molecular formula is C21H27ClN2O. The highest BCUT2D eigenvalue weighted by atomic mass is 35.5. The molecule has 0 bridgehead atoms. The molecule has 25 heavy (non-hydrogen) atoms. The largest absolute Gasteiger partial charge is 0.399 e. The topological polar surface area (TPSA) is 55.1 Å². The average molecular weight is 359 g/mol. The van der Waals surface area contributed by atoms with E-state index in [1.54, 1.807) is 0 Å². The molecule has 4 heteroatoms. The van der Waals surface area contributed by atoms with Crippen LogP contribution in [-0.4, -0.2) is 5.91 Å². The van der Waals surface area contributed by atoms with Crippen LogP contribution in [0.4, 0.5) is 5.69 Å². The lowest BCUT2D eigenvalue weighted by Gasteiger charge is -2.26. The number of carbonyl (C=O) groups is 1. The van der Waals surface area contributed by atoms with Crippen molar-refractivity contribution in [2.45, 2.75) is 51.5 Å². The molecule has 3 N–H and O–H groups in total. The van der Waals surface area contributed by atoms with Crippen molar-refractivity contribution in [3.63, 3.8) is 0 Å². The predicted molar refractivity (Wildman–Crippen MR) is 106 cm³/mol. The number of halogens is 1. The minimum absolute atomic E-state index is 0. The van der Waals surface area contributed by atoms with Crippen molar-refractivity contribution in [2.24, 2.45) is 0 Å². The van der Waals surface area contributed by atoms with Gasteiger partial charge in [0.15, 0.2) is 0 Å². The third kappa shape index (κ3) is 5.23. The quantitative estimate of drug-likeness (QED) is 0.772. The monoisotopic (exact) mass is 358 g/mol. The number of amides is 1. The summed E-state index contributed by atoms with van der Waals surface area (Å²) in [5.74, 6) is 0.150. The third-order valence-electron chi connectivity index (χ3n) is 4.81. The van der Waals surface area contributed by atoms with Crippen molar-refractivity contribution in [1.82, 2.24) is 5.32 Å². The van der Waals surface area contributed by atoms with E-state index >= 15 is 0 Å². The Balaban J connectivity index is 0.00000225. The first kappa shape index (κ1) is 19.3. The Hall–Kier alpha value is -2.00. The summed E-state index contributed by atoms with van der Waals surface area (Å²) in [6.45, 7) is 2.09. The van der Waals surface area contributed by atoms with Gasteiger partial charge in [0, 0.05) is 12.1 Å². The zero-order valence-corrected chi connectivity index (χ0v) is 15.6. The van der Waals surface area contributed by atoms with Crippen molar-refractivity contribution < 1.29 is 4.79 Å². The van der Waals surface area contributed by atoms with Gasteiger partial charge in [-0.2, -0.15) is 0 Å². The van der Waals surface area contributed by atoms with Crippen LogP contribution >= 0.6 is 12.4 Å². The van der Waals surface area contributed by atoms with Crippen molar-refractivity contribution in [1.29, 1.82) is 0 Å². The summed E-state index contributed by atoms with van der Waals surface area (Å²) in [5, 5.41) is 3.21. The zero-order valence-electron chi connectivity index (χ0n) is 14.8. The molecule has 0 spiro atoms. The van der Waals surface area contributed by atoms with Gasteiger partial charge in [0.05, 0.1) is 6.04 Å². The lowest BCUT2D eigenvalue weighted by atomic mass is 9.87. The maximum Gasteiger partial charge on any atom is 0.220 e. The molecule has 3 rings (SSSR count). The summed E-state index contributed by atoms with van der Waals surface area (Å²) in [6, 6.07) is 14.7. The summed E-state index contributed by atoms with van der Waals surface area (Å²) in [7, 11) is 0. The molecule has 1 unspecified atom stereocenters. The maximum absolute atomic E-state index is 12.3.